The van der Waals surface area contributed by atoms with Crippen LogP contribution in [0.25, 0.3) is 0 Å². The normalized spacial score (nSPS) is 13.0. The number of benzene rings is 1. The summed E-state index contributed by atoms with van der Waals surface area (Å²) in [6.07, 6.45) is 0.430. The van der Waals surface area contributed by atoms with Gasteiger partial charge in [-0.3, -0.25) is 0 Å². The van der Waals surface area contributed by atoms with Crippen molar-refractivity contribution in [3.05, 3.63) is 35.9 Å². The Balaban J connectivity index is 2.59. The van der Waals surface area contributed by atoms with E-state index in [1.165, 1.54) is 0 Å². The van der Waals surface area contributed by atoms with Gasteiger partial charge < -0.3 is 5.11 Å². The highest BCUT2D eigenvalue weighted by atomic mass is 16.3. The van der Waals surface area contributed by atoms with Crippen molar-refractivity contribution in [1.29, 1.82) is 0 Å². The largest absolute Gasteiger partial charge is 0.393 e. The summed E-state index contributed by atoms with van der Waals surface area (Å²) in [5.41, 5.74) is 1.07. The molecular formula is C9H11O. The first kappa shape index (κ1) is 7.29. The van der Waals surface area contributed by atoms with Crippen molar-refractivity contribution < 1.29 is 5.11 Å². The lowest BCUT2D eigenvalue weighted by Gasteiger charge is -2.01. The second-order valence-electron chi connectivity index (χ2n) is 2.44. The number of rotatable bonds is 2. The zero-order valence-corrected chi connectivity index (χ0v) is 6.04. The van der Waals surface area contributed by atoms with E-state index in [1.54, 1.807) is 6.92 Å². The average Bonchev–Trinajstić information content (AvgIpc) is 1.88. The van der Waals surface area contributed by atoms with Crippen LogP contribution < -0.4 is 0 Å². The van der Waals surface area contributed by atoms with E-state index in [9.17, 15) is 0 Å². The van der Waals surface area contributed by atoms with Crippen molar-refractivity contribution >= 4 is 0 Å². The smallest absolute Gasteiger partial charge is 0.0552 e. The van der Waals surface area contributed by atoms with Crippen molar-refractivity contribution in [3.8, 4) is 0 Å². The minimum absolute atomic E-state index is 0.265. The number of aliphatic hydroxyl groups is 1. The third-order valence-corrected chi connectivity index (χ3v) is 1.29. The summed E-state index contributed by atoms with van der Waals surface area (Å²) in [7, 11) is 0. The molecule has 1 nitrogen and oxygen atoms in total. The fraction of sp³-hybridized carbons (Fsp3) is 0.333. The van der Waals surface area contributed by atoms with Crippen molar-refractivity contribution in [1.82, 2.24) is 0 Å². The Morgan fingerprint density at radius 1 is 1.60 bits per heavy atom. The van der Waals surface area contributed by atoms with E-state index >= 15 is 0 Å². The lowest BCUT2D eigenvalue weighted by Crippen LogP contribution is -2.03. The predicted octanol–water partition coefficient (Wildman–Crippen LogP) is 1.41. The lowest BCUT2D eigenvalue weighted by atomic mass is 10.1. The maximum absolute atomic E-state index is 8.99. The Labute approximate surface area is 61.3 Å². The minimum atomic E-state index is -0.265. The summed E-state index contributed by atoms with van der Waals surface area (Å²) in [4.78, 5) is 0. The first-order valence-corrected chi connectivity index (χ1v) is 3.42. The summed E-state index contributed by atoms with van der Waals surface area (Å²) in [5, 5.41) is 8.99. The lowest BCUT2D eigenvalue weighted by molar-refractivity contribution is 0.195. The summed E-state index contributed by atoms with van der Waals surface area (Å²) in [5.74, 6) is 0. The van der Waals surface area contributed by atoms with Crippen molar-refractivity contribution in [2.75, 3.05) is 0 Å². The second-order valence-corrected chi connectivity index (χ2v) is 2.44. The standard InChI is InChI=1S/C9H11O/c1-8(10)7-9-5-3-2-4-6-9/h2-5,8,10H,7H2,1H3. The molecule has 0 saturated heterocycles. The van der Waals surface area contributed by atoms with Gasteiger partial charge in [-0.2, -0.15) is 0 Å². The maximum atomic E-state index is 8.99. The van der Waals surface area contributed by atoms with Crippen molar-refractivity contribution in [2.24, 2.45) is 0 Å². The Bertz CT molecular complexity index is 179. The van der Waals surface area contributed by atoms with E-state index in [0.29, 0.717) is 6.42 Å². The van der Waals surface area contributed by atoms with Gasteiger partial charge in [0.15, 0.2) is 0 Å². The van der Waals surface area contributed by atoms with E-state index in [1.807, 2.05) is 24.3 Å². The molecule has 53 valence electrons. The van der Waals surface area contributed by atoms with Gasteiger partial charge in [-0.25, -0.2) is 0 Å². The van der Waals surface area contributed by atoms with Gasteiger partial charge in [0.25, 0.3) is 0 Å². The van der Waals surface area contributed by atoms with Crippen LogP contribution in [0.2, 0.25) is 0 Å². The van der Waals surface area contributed by atoms with Gasteiger partial charge in [-0.05, 0) is 25.0 Å². The van der Waals surface area contributed by atoms with Crippen LogP contribution in [0.15, 0.2) is 24.3 Å². The molecule has 10 heavy (non-hydrogen) atoms. The van der Waals surface area contributed by atoms with E-state index in [0.717, 1.165) is 5.56 Å². The van der Waals surface area contributed by atoms with E-state index in [4.69, 9.17) is 5.11 Å². The van der Waals surface area contributed by atoms with Crippen molar-refractivity contribution in [2.45, 2.75) is 19.4 Å². The molecule has 0 fully saturated rings. The zero-order valence-electron chi connectivity index (χ0n) is 6.04. The van der Waals surface area contributed by atoms with Crippen LogP contribution >= 0.6 is 0 Å². The van der Waals surface area contributed by atoms with Gasteiger partial charge in [0.1, 0.15) is 0 Å². The highest BCUT2D eigenvalue weighted by Gasteiger charge is 1.95. The molecule has 1 rings (SSSR count). The number of hydrogen-bond donors (Lipinski definition) is 1. The summed E-state index contributed by atoms with van der Waals surface area (Å²) in [6, 6.07) is 10.7. The fourth-order valence-electron chi connectivity index (χ4n) is 0.876. The van der Waals surface area contributed by atoms with E-state index in [2.05, 4.69) is 6.07 Å². The molecule has 0 heterocycles. The molecule has 0 amide bonds. The van der Waals surface area contributed by atoms with Gasteiger partial charge in [0.2, 0.25) is 0 Å². The Hall–Kier alpha value is -0.820. The van der Waals surface area contributed by atoms with Crippen LogP contribution in [0, 0.1) is 6.07 Å². The van der Waals surface area contributed by atoms with Gasteiger partial charge in [-0.15, -0.1) is 0 Å². The molecule has 1 unspecified atom stereocenters. The average molecular weight is 135 g/mol. The fourth-order valence-corrected chi connectivity index (χ4v) is 0.876. The zero-order chi connectivity index (χ0) is 7.40. The number of aliphatic hydroxyl groups excluding tert-OH is 1. The molecule has 0 saturated carbocycles. The summed E-state index contributed by atoms with van der Waals surface area (Å²) in [6.45, 7) is 1.78. The highest BCUT2D eigenvalue weighted by Crippen LogP contribution is 2.00. The quantitative estimate of drug-likeness (QED) is 0.650. The third kappa shape index (κ3) is 2.19. The molecule has 0 aliphatic carbocycles. The third-order valence-electron chi connectivity index (χ3n) is 1.29. The minimum Gasteiger partial charge on any atom is -0.393 e. The molecule has 1 N–H and O–H groups in total. The molecule has 1 heteroatoms. The molecule has 0 bridgehead atoms. The molecule has 1 aromatic carbocycles. The molecule has 1 aromatic rings. The van der Waals surface area contributed by atoms with Gasteiger partial charge >= 0.3 is 0 Å². The van der Waals surface area contributed by atoms with Crippen LogP contribution in [-0.2, 0) is 6.42 Å². The first-order valence-electron chi connectivity index (χ1n) is 3.42. The Kier molecular flexibility index (Phi) is 2.46. The van der Waals surface area contributed by atoms with Crippen LogP contribution in [0.3, 0.4) is 0 Å². The van der Waals surface area contributed by atoms with E-state index in [-0.39, 0.29) is 6.10 Å². The van der Waals surface area contributed by atoms with Crippen molar-refractivity contribution in [3.63, 3.8) is 0 Å². The van der Waals surface area contributed by atoms with Crippen LogP contribution in [0.1, 0.15) is 12.5 Å². The molecule has 0 spiro atoms. The van der Waals surface area contributed by atoms with Crippen LogP contribution in [-0.4, -0.2) is 11.2 Å². The molecular weight excluding hydrogens is 124 g/mol. The molecule has 1 atom stereocenters. The van der Waals surface area contributed by atoms with Gasteiger partial charge in [-0.1, -0.05) is 24.3 Å². The molecule has 0 aromatic heterocycles. The molecule has 0 aliphatic heterocycles. The number of hydrogen-bond acceptors (Lipinski definition) is 1. The maximum Gasteiger partial charge on any atom is 0.0552 e. The summed E-state index contributed by atoms with van der Waals surface area (Å²) >= 11 is 0. The first-order chi connectivity index (χ1) is 4.79. The van der Waals surface area contributed by atoms with Gasteiger partial charge in [0.05, 0.1) is 6.10 Å². The Morgan fingerprint density at radius 2 is 2.40 bits per heavy atom. The van der Waals surface area contributed by atoms with Crippen LogP contribution in [0.4, 0.5) is 0 Å². The predicted molar refractivity (Wildman–Crippen MR) is 40.7 cm³/mol. The second kappa shape index (κ2) is 3.37. The Morgan fingerprint density at radius 3 is 2.90 bits per heavy atom. The molecule has 1 radical (unpaired) electrons. The summed E-state index contributed by atoms with van der Waals surface area (Å²) < 4.78 is 0. The van der Waals surface area contributed by atoms with E-state index < -0.39 is 0 Å². The van der Waals surface area contributed by atoms with Crippen LogP contribution in [0.5, 0.6) is 0 Å². The van der Waals surface area contributed by atoms with Gasteiger partial charge in [0, 0.05) is 0 Å². The monoisotopic (exact) mass is 135 g/mol. The molecule has 0 aliphatic rings. The SMILES string of the molecule is CC(O)Cc1[c]cccc1. The highest BCUT2D eigenvalue weighted by molar-refractivity contribution is 5.13. The topological polar surface area (TPSA) is 20.2 Å².